The molecule has 21 heavy (non-hydrogen) atoms. The maximum atomic E-state index is 12.1. The zero-order chi connectivity index (χ0) is 15.4. The fourth-order valence-electron chi connectivity index (χ4n) is 1.84. The number of hydrogen-bond acceptors (Lipinski definition) is 4. The summed E-state index contributed by atoms with van der Waals surface area (Å²) >= 11 is 5.84. The Labute approximate surface area is 125 Å². The molecule has 0 aliphatic carbocycles. The van der Waals surface area contributed by atoms with Gasteiger partial charge in [-0.3, -0.25) is 14.7 Å². The number of aliphatic carboxylic acids is 1. The molecule has 0 bridgehead atoms. The van der Waals surface area contributed by atoms with Crippen molar-refractivity contribution in [3.8, 4) is 0 Å². The van der Waals surface area contributed by atoms with Gasteiger partial charge in [-0.15, -0.1) is 0 Å². The third kappa shape index (κ3) is 3.51. The molecule has 2 aromatic rings. The number of halogens is 1. The summed E-state index contributed by atoms with van der Waals surface area (Å²) < 4.78 is 0. The number of nitrogens with two attached hydrogens (primary N) is 1. The molecule has 1 amide bonds. The lowest BCUT2D eigenvalue weighted by Gasteiger charge is -2.17. The molecule has 0 aliphatic heterocycles. The second-order valence-electron chi connectivity index (χ2n) is 4.33. The summed E-state index contributed by atoms with van der Waals surface area (Å²) in [5.41, 5.74) is 6.13. The first kappa shape index (κ1) is 14.9. The quantitative estimate of drug-likeness (QED) is 0.668. The van der Waals surface area contributed by atoms with Crippen molar-refractivity contribution in [2.24, 2.45) is 0 Å². The SMILES string of the molecule is Nc1n[nH]c(C(=O)N[C@@H](CC(=O)O)c2ccccc2)c1Cl. The maximum Gasteiger partial charge on any atom is 0.305 e. The van der Waals surface area contributed by atoms with Gasteiger partial charge < -0.3 is 16.2 Å². The summed E-state index contributed by atoms with van der Waals surface area (Å²) in [5.74, 6) is -1.59. The first-order valence-corrected chi connectivity index (χ1v) is 6.43. The molecule has 1 aromatic heterocycles. The van der Waals surface area contributed by atoms with E-state index < -0.39 is 17.9 Å². The number of H-pyrrole nitrogens is 1. The van der Waals surface area contributed by atoms with Crippen LogP contribution in [-0.4, -0.2) is 27.2 Å². The summed E-state index contributed by atoms with van der Waals surface area (Å²) in [6.45, 7) is 0. The highest BCUT2D eigenvalue weighted by Crippen LogP contribution is 2.22. The lowest BCUT2D eigenvalue weighted by molar-refractivity contribution is -0.137. The van der Waals surface area contributed by atoms with E-state index >= 15 is 0 Å². The molecule has 7 nitrogen and oxygen atoms in total. The molecule has 1 aromatic carbocycles. The molecule has 0 radical (unpaired) electrons. The molecule has 0 aliphatic rings. The number of nitrogen functional groups attached to an aromatic ring is 1. The van der Waals surface area contributed by atoms with Crippen molar-refractivity contribution in [2.45, 2.75) is 12.5 Å². The van der Waals surface area contributed by atoms with Crippen molar-refractivity contribution in [1.82, 2.24) is 15.5 Å². The molecule has 0 fully saturated rings. The van der Waals surface area contributed by atoms with Crippen LogP contribution in [0.2, 0.25) is 5.02 Å². The number of carboxylic acid groups (broad SMARTS) is 1. The number of rotatable bonds is 5. The number of benzene rings is 1. The fourth-order valence-corrected chi connectivity index (χ4v) is 2.01. The topological polar surface area (TPSA) is 121 Å². The second kappa shape index (κ2) is 6.27. The Kier molecular flexibility index (Phi) is 4.44. The van der Waals surface area contributed by atoms with Gasteiger partial charge in [-0.1, -0.05) is 41.9 Å². The van der Waals surface area contributed by atoms with Crippen LogP contribution in [0.3, 0.4) is 0 Å². The van der Waals surface area contributed by atoms with Crippen LogP contribution in [0.5, 0.6) is 0 Å². The minimum Gasteiger partial charge on any atom is -0.481 e. The monoisotopic (exact) mass is 308 g/mol. The van der Waals surface area contributed by atoms with Crippen molar-refractivity contribution in [3.05, 3.63) is 46.6 Å². The van der Waals surface area contributed by atoms with Crippen LogP contribution in [0.4, 0.5) is 5.82 Å². The van der Waals surface area contributed by atoms with Gasteiger partial charge in [-0.05, 0) is 5.56 Å². The normalized spacial score (nSPS) is 11.9. The van der Waals surface area contributed by atoms with Gasteiger partial charge in [0.25, 0.3) is 5.91 Å². The van der Waals surface area contributed by atoms with E-state index in [0.717, 1.165) is 0 Å². The minimum absolute atomic E-state index is 0.000451. The van der Waals surface area contributed by atoms with Gasteiger partial charge in [-0.2, -0.15) is 5.10 Å². The van der Waals surface area contributed by atoms with Gasteiger partial charge in [0, 0.05) is 0 Å². The molecule has 0 unspecified atom stereocenters. The summed E-state index contributed by atoms with van der Waals surface area (Å²) in [7, 11) is 0. The average Bonchev–Trinajstić information content (AvgIpc) is 2.79. The number of carbonyl (C=O) groups excluding carboxylic acids is 1. The lowest BCUT2D eigenvalue weighted by atomic mass is 10.0. The largest absolute Gasteiger partial charge is 0.481 e. The molecule has 110 valence electrons. The van der Waals surface area contributed by atoms with E-state index in [1.807, 2.05) is 0 Å². The Morgan fingerprint density at radius 1 is 1.38 bits per heavy atom. The highest BCUT2D eigenvalue weighted by atomic mass is 35.5. The summed E-state index contributed by atoms with van der Waals surface area (Å²) in [5, 5.41) is 17.6. The van der Waals surface area contributed by atoms with E-state index in [9.17, 15) is 9.59 Å². The molecular weight excluding hydrogens is 296 g/mol. The Balaban J connectivity index is 2.21. The Morgan fingerprint density at radius 3 is 2.57 bits per heavy atom. The van der Waals surface area contributed by atoms with Crippen LogP contribution in [0.1, 0.15) is 28.5 Å². The average molecular weight is 309 g/mol. The number of amides is 1. The smallest absolute Gasteiger partial charge is 0.305 e. The van der Waals surface area contributed by atoms with Gasteiger partial charge in [0.1, 0.15) is 10.7 Å². The van der Waals surface area contributed by atoms with Crippen molar-refractivity contribution in [1.29, 1.82) is 0 Å². The first-order valence-electron chi connectivity index (χ1n) is 6.06. The number of aromatic amines is 1. The van der Waals surface area contributed by atoms with Gasteiger partial charge >= 0.3 is 5.97 Å². The minimum atomic E-state index is -1.03. The molecular formula is C13H13ClN4O3. The van der Waals surface area contributed by atoms with E-state index in [1.165, 1.54) is 0 Å². The van der Waals surface area contributed by atoms with E-state index in [2.05, 4.69) is 15.5 Å². The Morgan fingerprint density at radius 2 is 2.05 bits per heavy atom. The van der Waals surface area contributed by atoms with E-state index in [4.69, 9.17) is 22.4 Å². The number of carboxylic acids is 1. The van der Waals surface area contributed by atoms with Crippen LogP contribution in [0.15, 0.2) is 30.3 Å². The Bertz CT molecular complexity index is 657. The number of aromatic nitrogens is 2. The van der Waals surface area contributed by atoms with Gasteiger partial charge in [0.2, 0.25) is 0 Å². The third-order valence-corrected chi connectivity index (χ3v) is 3.23. The standard InChI is InChI=1S/C13H13ClN4O3/c14-10-11(17-18-12(10)15)13(21)16-8(6-9(19)20)7-4-2-1-3-5-7/h1-5,8H,6H2,(H,16,21)(H,19,20)(H3,15,17,18)/t8-/m0/s1. The Hall–Kier alpha value is -2.54. The van der Waals surface area contributed by atoms with Crippen LogP contribution in [0.25, 0.3) is 0 Å². The van der Waals surface area contributed by atoms with Crippen LogP contribution in [-0.2, 0) is 4.79 Å². The number of hydrogen-bond donors (Lipinski definition) is 4. The van der Waals surface area contributed by atoms with Crippen LogP contribution in [0, 0.1) is 0 Å². The molecule has 5 N–H and O–H groups in total. The van der Waals surface area contributed by atoms with Gasteiger partial charge in [0.05, 0.1) is 12.5 Å². The molecule has 0 spiro atoms. The molecule has 0 saturated carbocycles. The molecule has 2 rings (SSSR count). The highest BCUT2D eigenvalue weighted by molar-refractivity contribution is 6.35. The van der Waals surface area contributed by atoms with Crippen molar-refractivity contribution in [2.75, 3.05) is 5.73 Å². The number of nitrogens with zero attached hydrogens (tertiary/aromatic N) is 1. The third-order valence-electron chi connectivity index (χ3n) is 2.85. The predicted molar refractivity (Wildman–Crippen MR) is 76.9 cm³/mol. The summed E-state index contributed by atoms with van der Waals surface area (Å²) in [6.07, 6.45) is -0.253. The van der Waals surface area contributed by atoms with Gasteiger partial charge in [0.15, 0.2) is 5.82 Å². The highest BCUT2D eigenvalue weighted by Gasteiger charge is 2.22. The van der Waals surface area contributed by atoms with E-state index in [0.29, 0.717) is 5.56 Å². The summed E-state index contributed by atoms with van der Waals surface area (Å²) in [6, 6.07) is 8.11. The number of carbonyl (C=O) groups is 2. The van der Waals surface area contributed by atoms with Gasteiger partial charge in [-0.25, -0.2) is 0 Å². The molecule has 8 heteroatoms. The van der Waals surface area contributed by atoms with E-state index in [1.54, 1.807) is 30.3 Å². The maximum absolute atomic E-state index is 12.1. The molecule has 1 heterocycles. The fraction of sp³-hybridized carbons (Fsp3) is 0.154. The van der Waals surface area contributed by atoms with Crippen molar-refractivity contribution < 1.29 is 14.7 Å². The summed E-state index contributed by atoms with van der Waals surface area (Å²) in [4.78, 5) is 23.1. The predicted octanol–water partition coefficient (Wildman–Crippen LogP) is 1.59. The first-order chi connectivity index (χ1) is 9.99. The van der Waals surface area contributed by atoms with Crippen LogP contribution < -0.4 is 11.1 Å². The van der Waals surface area contributed by atoms with E-state index in [-0.39, 0.29) is 23.0 Å². The number of nitrogens with one attached hydrogen (secondary N) is 2. The zero-order valence-electron chi connectivity index (χ0n) is 10.8. The van der Waals surface area contributed by atoms with Crippen LogP contribution >= 0.6 is 11.6 Å². The second-order valence-corrected chi connectivity index (χ2v) is 4.71. The number of anilines is 1. The lowest BCUT2D eigenvalue weighted by Crippen LogP contribution is -2.30. The molecule has 0 saturated heterocycles. The van der Waals surface area contributed by atoms with Crippen molar-refractivity contribution in [3.63, 3.8) is 0 Å². The zero-order valence-corrected chi connectivity index (χ0v) is 11.6. The van der Waals surface area contributed by atoms with Crippen molar-refractivity contribution >= 4 is 29.3 Å². The molecule has 1 atom stereocenters.